The number of nitrogens with one attached hydrogen (secondary N) is 1. The van der Waals surface area contributed by atoms with Crippen LogP contribution in [0.25, 0.3) is 5.52 Å². The smallest absolute Gasteiger partial charge is 0.225 e. The van der Waals surface area contributed by atoms with Crippen LogP contribution in [0.1, 0.15) is 6.42 Å². The zero-order valence-electron chi connectivity index (χ0n) is 7.98. The molecule has 0 atom stereocenters. The standard InChI is InChI=1S/C10H10ClN3O/c11-4-1-10(15)13-8-3-6-14-9(7-8)2-5-12-14/h2-3,5-7H,1,4H2,(H,13,15). The second kappa shape index (κ2) is 4.31. The summed E-state index contributed by atoms with van der Waals surface area (Å²) in [6.07, 6.45) is 3.83. The zero-order valence-corrected chi connectivity index (χ0v) is 8.74. The summed E-state index contributed by atoms with van der Waals surface area (Å²) in [5.74, 6) is 0.259. The van der Waals surface area contributed by atoms with E-state index in [2.05, 4.69) is 10.4 Å². The molecule has 0 fully saturated rings. The fourth-order valence-electron chi connectivity index (χ4n) is 1.31. The predicted octanol–water partition coefficient (Wildman–Crippen LogP) is 1.90. The highest BCUT2D eigenvalue weighted by atomic mass is 35.5. The Kier molecular flexibility index (Phi) is 2.87. The fourth-order valence-corrected chi connectivity index (χ4v) is 1.48. The molecule has 2 aromatic rings. The van der Waals surface area contributed by atoms with Crippen molar-refractivity contribution < 1.29 is 4.79 Å². The average molecular weight is 224 g/mol. The number of hydrogen-bond donors (Lipinski definition) is 1. The monoisotopic (exact) mass is 223 g/mol. The molecule has 0 radical (unpaired) electrons. The normalized spacial score (nSPS) is 10.5. The lowest BCUT2D eigenvalue weighted by atomic mass is 10.3. The first kappa shape index (κ1) is 9.98. The van der Waals surface area contributed by atoms with Gasteiger partial charge in [-0.05, 0) is 18.2 Å². The minimum atomic E-state index is -0.0751. The van der Waals surface area contributed by atoms with Crippen molar-refractivity contribution in [1.29, 1.82) is 0 Å². The molecule has 1 amide bonds. The van der Waals surface area contributed by atoms with E-state index in [0.717, 1.165) is 11.2 Å². The Hall–Kier alpha value is -1.55. The Labute approximate surface area is 91.8 Å². The van der Waals surface area contributed by atoms with E-state index in [9.17, 15) is 4.79 Å². The van der Waals surface area contributed by atoms with E-state index in [1.807, 2.05) is 12.1 Å². The number of fused-ring (bicyclic) bond motifs is 1. The number of nitrogens with zero attached hydrogens (tertiary/aromatic N) is 2. The Morgan fingerprint density at radius 3 is 3.20 bits per heavy atom. The summed E-state index contributed by atoms with van der Waals surface area (Å²) in [5.41, 5.74) is 1.71. The molecule has 0 aromatic carbocycles. The molecule has 78 valence electrons. The van der Waals surface area contributed by atoms with Crippen molar-refractivity contribution in [2.24, 2.45) is 0 Å². The molecule has 0 unspecified atom stereocenters. The van der Waals surface area contributed by atoms with Gasteiger partial charge in [-0.2, -0.15) is 5.10 Å². The number of hydrogen-bond acceptors (Lipinski definition) is 2. The van der Waals surface area contributed by atoms with Crippen molar-refractivity contribution in [1.82, 2.24) is 9.61 Å². The number of anilines is 1. The van der Waals surface area contributed by atoms with E-state index in [4.69, 9.17) is 11.6 Å². The number of pyridine rings is 1. The van der Waals surface area contributed by atoms with Gasteiger partial charge in [0.05, 0.1) is 5.52 Å². The van der Waals surface area contributed by atoms with Gasteiger partial charge in [0.1, 0.15) is 0 Å². The molecule has 0 spiro atoms. The highest BCUT2D eigenvalue weighted by Gasteiger charge is 2.02. The maximum absolute atomic E-state index is 11.3. The Balaban J connectivity index is 2.17. The van der Waals surface area contributed by atoms with Gasteiger partial charge < -0.3 is 5.32 Å². The molecule has 0 bridgehead atoms. The van der Waals surface area contributed by atoms with Crippen LogP contribution in [0.3, 0.4) is 0 Å². The molecule has 0 aliphatic heterocycles. The first-order valence-corrected chi connectivity index (χ1v) is 5.12. The number of rotatable bonds is 3. The maximum Gasteiger partial charge on any atom is 0.225 e. The molecule has 5 heteroatoms. The van der Waals surface area contributed by atoms with Gasteiger partial charge in [0.25, 0.3) is 0 Å². The molecule has 1 N–H and O–H groups in total. The van der Waals surface area contributed by atoms with Crippen LogP contribution in [0.5, 0.6) is 0 Å². The number of carbonyl (C=O) groups is 1. The van der Waals surface area contributed by atoms with Crippen LogP contribution in [0.4, 0.5) is 5.69 Å². The maximum atomic E-state index is 11.3. The third-order valence-corrected chi connectivity index (χ3v) is 2.19. The Morgan fingerprint density at radius 1 is 1.53 bits per heavy atom. The third kappa shape index (κ3) is 2.27. The topological polar surface area (TPSA) is 46.4 Å². The van der Waals surface area contributed by atoms with E-state index >= 15 is 0 Å². The van der Waals surface area contributed by atoms with Gasteiger partial charge in [-0.25, -0.2) is 4.52 Å². The Bertz CT molecular complexity index is 480. The predicted molar refractivity (Wildman–Crippen MR) is 59.2 cm³/mol. The SMILES string of the molecule is O=C(CCCl)Nc1ccn2nccc2c1. The van der Waals surface area contributed by atoms with Crippen LogP contribution in [0, 0.1) is 0 Å². The average Bonchev–Trinajstić information content (AvgIpc) is 2.65. The quantitative estimate of drug-likeness (QED) is 0.808. The van der Waals surface area contributed by atoms with E-state index in [0.29, 0.717) is 12.3 Å². The van der Waals surface area contributed by atoms with Crippen molar-refractivity contribution in [3.8, 4) is 0 Å². The minimum Gasteiger partial charge on any atom is -0.326 e. The van der Waals surface area contributed by atoms with Crippen LogP contribution in [0.15, 0.2) is 30.6 Å². The van der Waals surface area contributed by atoms with Gasteiger partial charge in [0, 0.05) is 30.4 Å². The second-order valence-electron chi connectivity index (χ2n) is 3.10. The molecule has 15 heavy (non-hydrogen) atoms. The number of carbonyl (C=O) groups excluding carboxylic acids is 1. The summed E-state index contributed by atoms with van der Waals surface area (Å²) in [7, 11) is 0. The Morgan fingerprint density at radius 2 is 2.40 bits per heavy atom. The fraction of sp³-hybridized carbons (Fsp3) is 0.200. The minimum absolute atomic E-state index is 0.0751. The van der Waals surface area contributed by atoms with Crippen LogP contribution in [-0.2, 0) is 4.79 Å². The molecule has 2 rings (SSSR count). The van der Waals surface area contributed by atoms with Gasteiger partial charge in [0.2, 0.25) is 5.91 Å². The van der Waals surface area contributed by atoms with Crippen molar-refractivity contribution in [2.75, 3.05) is 11.2 Å². The van der Waals surface area contributed by atoms with Crippen molar-refractivity contribution >= 4 is 28.7 Å². The van der Waals surface area contributed by atoms with E-state index in [-0.39, 0.29) is 5.91 Å². The van der Waals surface area contributed by atoms with E-state index in [1.165, 1.54) is 0 Å². The first-order chi connectivity index (χ1) is 7.29. The van der Waals surface area contributed by atoms with Crippen LogP contribution in [-0.4, -0.2) is 21.4 Å². The molecule has 0 saturated carbocycles. The van der Waals surface area contributed by atoms with Gasteiger partial charge in [-0.1, -0.05) is 0 Å². The number of aromatic nitrogens is 2. The van der Waals surface area contributed by atoms with Gasteiger partial charge in [-0.3, -0.25) is 4.79 Å². The molecule has 0 saturated heterocycles. The molecule has 0 aliphatic rings. The lowest BCUT2D eigenvalue weighted by Crippen LogP contribution is -2.11. The lowest BCUT2D eigenvalue weighted by Gasteiger charge is -2.03. The number of amides is 1. The van der Waals surface area contributed by atoms with Crippen LogP contribution >= 0.6 is 11.6 Å². The van der Waals surface area contributed by atoms with Crippen molar-refractivity contribution in [3.63, 3.8) is 0 Å². The molecule has 4 nitrogen and oxygen atoms in total. The number of halogens is 1. The summed E-state index contributed by atoms with van der Waals surface area (Å²) >= 11 is 5.47. The molecular weight excluding hydrogens is 214 g/mol. The molecule has 2 aromatic heterocycles. The van der Waals surface area contributed by atoms with E-state index < -0.39 is 0 Å². The highest BCUT2D eigenvalue weighted by Crippen LogP contribution is 2.11. The van der Waals surface area contributed by atoms with E-state index in [1.54, 1.807) is 23.0 Å². The summed E-state index contributed by atoms with van der Waals surface area (Å²) in [4.78, 5) is 11.3. The lowest BCUT2D eigenvalue weighted by molar-refractivity contribution is -0.115. The molecular formula is C10H10ClN3O. The van der Waals surface area contributed by atoms with Gasteiger partial charge in [0.15, 0.2) is 0 Å². The third-order valence-electron chi connectivity index (χ3n) is 2.00. The number of alkyl halides is 1. The highest BCUT2D eigenvalue weighted by molar-refractivity contribution is 6.19. The van der Waals surface area contributed by atoms with Gasteiger partial charge in [-0.15, -0.1) is 11.6 Å². The summed E-state index contributed by atoms with van der Waals surface area (Å²) < 4.78 is 1.73. The first-order valence-electron chi connectivity index (χ1n) is 4.59. The van der Waals surface area contributed by atoms with Crippen LogP contribution in [0.2, 0.25) is 0 Å². The van der Waals surface area contributed by atoms with Gasteiger partial charge >= 0.3 is 0 Å². The molecule has 2 heterocycles. The second-order valence-corrected chi connectivity index (χ2v) is 3.48. The summed E-state index contributed by atoms with van der Waals surface area (Å²) in [6, 6.07) is 5.53. The summed E-state index contributed by atoms with van der Waals surface area (Å²) in [5, 5.41) is 6.82. The van der Waals surface area contributed by atoms with Crippen LogP contribution < -0.4 is 5.32 Å². The van der Waals surface area contributed by atoms with Crippen molar-refractivity contribution in [2.45, 2.75) is 6.42 Å². The largest absolute Gasteiger partial charge is 0.326 e. The summed E-state index contributed by atoms with van der Waals surface area (Å²) in [6.45, 7) is 0. The van der Waals surface area contributed by atoms with Crippen molar-refractivity contribution in [3.05, 3.63) is 30.6 Å². The molecule has 0 aliphatic carbocycles. The zero-order chi connectivity index (χ0) is 10.7.